The van der Waals surface area contributed by atoms with Crippen LogP contribution in [0.2, 0.25) is 5.02 Å². The normalized spacial score (nSPS) is 14.5. The van der Waals surface area contributed by atoms with Crippen molar-refractivity contribution in [3.8, 4) is 23.7 Å². The molecule has 3 aromatic rings. The Bertz CT molecular complexity index is 1230. The van der Waals surface area contributed by atoms with Crippen LogP contribution in [-0.4, -0.2) is 28.0 Å². The molecule has 1 fully saturated rings. The molecule has 0 amide bonds. The molecule has 1 aromatic heterocycles. The number of aromatic nitrogens is 2. The first kappa shape index (κ1) is 20.9. The molecule has 0 bridgehead atoms. The van der Waals surface area contributed by atoms with Gasteiger partial charge in [0.25, 0.3) is 0 Å². The van der Waals surface area contributed by atoms with Gasteiger partial charge in [-0.25, -0.2) is 0 Å². The number of nitrogens with one attached hydrogen (secondary N) is 1. The van der Waals surface area contributed by atoms with Gasteiger partial charge in [0.2, 0.25) is 0 Å². The lowest BCUT2D eigenvalue weighted by Gasteiger charge is -2.13. The molecule has 1 heterocycles. The maximum absolute atomic E-state index is 10.5. The molecule has 2 aromatic carbocycles. The van der Waals surface area contributed by atoms with E-state index in [0.717, 1.165) is 29.2 Å². The van der Waals surface area contributed by atoms with Gasteiger partial charge in [-0.1, -0.05) is 29.7 Å². The minimum absolute atomic E-state index is 0.467. The molecule has 2 N–H and O–H groups in total. The average Bonchev–Trinajstić information content (AvgIpc) is 3.22. The van der Waals surface area contributed by atoms with Crippen LogP contribution in [-0.2, 0) is 6.54 Å². The first-order valence-electron chi connectivity index (χ1n) is 10.0. The van der Waals surface area contributed by atoms with Gasteiger partial charge in [0.1, 0.15) is 17.0 Å². The second kappa shape index (κ2) is 8.81. The molecule has 0 spiro atoms. The Morgan fingerprint density at radius 1 is 1.16 bits per heavy atom. The highest BCUT2D eigenvalue weighted by atomic mass is 35.5. The van der Waals surface area contributed by atoms with E-state index in [1.807, 2.05) is 24.3 Å². The Morgan fingerprint density at radius 3 is 2.68 bits per heavy atom. The van der Waals surface area contributed by atoms with Crippen LogP contribution in [0.4, 0.5) is 5.82 Å². The van der Waals surface area contributed by atoms with E-state index in [9.17, 15) is 10.4 Å². The Morgan fingerprint density at radius 2 is 1.97 bits per heavy atom. The van der Waals surface area contributed by atoms with Crippen LogP contribution < -0.4 is 10.1 Å². The van der Waals surface area contributed by atoms with E-state index in [1.54, 1.807) is 19.2 Å². The van der Waals surface area contributed by atoms with E-state index in [2.05, 4.69) is 33.4 Å². The third-order valence-electron chi connectivity index (χ3n) is 5.43. The van der Waals surface area contributed by atoms with E-state index < -0.39 is 5.60 Å². The molecule has 1 saturated carbocycles. The highest BCUT2D eigenvalue weighted by molar-refractivity contribution is 6.32. The summed E-state index contributed by atoms with van der Waals surface area (Å²) in [7, 11) is 1.57. The summed E-state index contributed by atoms with van der Waals surface area (Å²) in [6.07, 6.45) is 3.30. The monoisotopic (exact) mass is 432 g/mol. The molecule has 1 aliphatic carbocycles. The van der Waals surface area contributed by atoms with E-state index in [-0.39, 0.29) is 0 Å². The largest absolute Gasteiger partial charge is 0.495 e. The number of fused-ring (bicyclic) bond motifs is 1. The van der Waals surface area contributed by atoms with E-state index in [1.165, 1.54) is 0 Å². The van der Waals surface area contributed by atoms with Gasteiger partial charge in [0.15, 0.2) is 5.82 Å². The van der Waals surface area contributed by atoms with Crippen molar-refractivity contribution in [2.24, 2.45) is 0 Å². The highest BCUT2D eigenvalue weighted by Gasteiger charge is 2.28. The number of rotatable bonds is 4. The van der Waals surface area contributed by atoms with Crippen LogP contribution in [0.25, 0.3) is 10.8 Å². The molecular formula is C24H21ClN4O2. The number of hydrogen-bond acceptors (Lipinski definition) is 6. The van der Waals surface area contributed by atoms with Crippen molar-refractivity contribution in [2.75, 3.05) is 12.4 Å². The molecule has 0 radical (unpaired) electrons. The summed E-state index contributed by atoms with van der Waals surface area (Å²) < 4.78 is 5.19. The summed E-state index contributed by atoms with van der Waals surface area (Å²) in [5.74, 6) is 7.15. The standard InChI is InChI=1S/C24H21ClN4O2/c1-31-22-7-5-17(13-20(22)25)15-27-23-19-12-16(14-26)4-6-18(19)21(28-29-23)8-11-24(30)9-2-3-10-24/h4-7,12-13,30H,2-3,9-10,15H2,1H3,(H,27,29). The van der Waals surface area contributed by atoms with Gasteiger partial charge in [0, 0.05) is 17.3 Å². The van der Waals surface area contributed by atoms with Gasteiger partial charge in [-0.2, -0.15) is 5.26 Å². The molecular weight excluding hydrogens is 412 g/mol. The Hall–Kier alpha value is -3.32. The number of hydrogen-bond donors (Lipinski definition) is 2. The Balaban J connectivity index is 1.67. The SMILES string of the molecule is COc1ccc(CNc2nnc(C#CC3(O)CCCC3)c3ccc(C#N)cc23)cc1Cl. The summed E-state index contributed by atoms with van der Waals surface area (Å²) in [4.78, 5) is 0. The second-order valence-electron chi connectivity index (χ2n) is 7.58. The molecule has 31 heavy (non-hydrogen) atoms. The van der Waals surface area contributed by atoms with Crippen molar-refractivity contribution in [1.82, 2.24) is 10.2 Å². The predicted molar refractivity (Wildman–Crippen MR) is 120 cm³/mol. The summed E-state index contributed by atoms with van der Waals surface area (Å²) in [5, 5.41) is 33.8. The number of methoxy groups -OCH3 is 1. The van der Waals surface area contributed by atoms with Gasteiger partial charge in [-0.05, 0) is 61.4 Å². The third kappa shape index (κ3) is 4.56. The zero-order chi connectivity index (χ0) is 21.8. The van der Waals surface area contributed by atoms with Gasteiger partial charge in [0.05, 0.1) is 23.8 Å². The van der Waals surface area contributed by atoms with Crippen molar-refractivity contribution in [3.63, 3.8) is 0 Å². The van der Waals surface area contributed by atoms with Crippen LogP contribution in [0, 0.1) is 23.2 Å². The third-order valence-corrected chi connectivity index (χ3v) is 5.72. The topological polar surface area (TPSA) is 91.1 Å². The summed E-state index contributed by atoms with van der Waals surface area (Å²) in [6, 6.07) is 13.0. The molecule has 0 aliphatic heterocycles. The minimum Gasteiger partial charge on any atom is -0.495 e. The molecule has 6 nitrogen and oxygen atoms in total. The first-order valence-corrected chi connectivity index (χ1v) is 10.4. The lowest BCUT2D eigenvalue weighted by atomic mass is 10.0. The molecule has 7 heteroatoms. The Labute approximate surface area is 185 Å². The quantitative estimate of drug-likeness (QED) is 0.592. The smallest absolute Gasteiger partial charge is 0.156 e. The van der Waals surface area contributed by atoms with Crippen LogP contribution in [0.15, 0.2) is 36.4 Å². The van der Waals surface area contributed by atoms with Gasteiger partial charge in [-0.15, -0.1) is 10.2 Å². The number of anilines is 1. The summed E-state index contributed by atoms with van der Waals surface area (Å²) in [6.45, 7) is 0.467. The number of nitrogens with zero attached hydrogens (tertiary/aromatic N) is 3. The number of halogens is 1. The fourth-order valence-electron chi connectivity index (χ4n) is 3.71. The van der Waals surface area contributed by atoms with Gasteiger partial charge in [-0.3, -0.25) is 0 Å². The number of benzene rings is 2. The van der Waals surface area contributed by atoms with Gasteiger partial charge < -0.3 is 15.2 Å². The van der Waals surface area contributed by atoms with Crippen molar-refractivity contribution in [1.29, 1.82) is 5.26 Å². The number of aliphatic hydroxyl groups is 1. The molecule has 0 saturated heterocycles. The van der Waals surface area contributed by atoms with E-state index in [4.69, 9.17) is 16.3 Å². The first-order chi connectivity index (χ1) is 15.0. The number of nitriles is 1. The zero-order valence-electron chi connectivity index (χ0n) is 17.1. The van der Waals surface area contributed by atoms with Crippen molar-refractivity contribution in [2.45, 2.75) is 37.8 Å². The van der Waals surface area contributed by atoms with E-state index in [0.29, 0.717) is 47.2 Å². The van der Waals surface area contributed by atoms with Crippen LogP contribution in [0.1, 0.15) is 42.5 Å². The van der Waals surface area contributed by atoms with Gasteiger partial charge >= 0.3 is 0 Å². The molecule has 156 valence electrons. The molecule has 0 unspecified atom stereocenters. The lowest BCUT2D eigenvalue weighted by molar-refractivity contribution is 0.110. The lowest BCUT2D eigenvalue weighted by Crippen LogP contribution is -2.20. The Kier molecular flexibility index (Phi) is 5.95. The van der Waals surface area contributed by atoms with Crippen molar-refractivity contribution in [3.05, 3.63) is 58.2 Å². The van der Waals surface area contributed by atoms with Crippen LogP contribution >= 0.6 is 11.6 Å². The maximum Gasteiger partial charge on any atom is 0.156 e. The number of ether oxygens (including phenoxy) is 1. The second-order valence-corrected chi connectivity index (χ2v) is 7.99. The van der Waals surface area contributed by atoms with Crippen molar-refractivity contribution < 1.29 is 9.84 Å². The molecule has 4 rings (SSSR count). The fourth-order valence-corrected chi connectivity index (χ4v) is 3.99. The summed E-state index contributed by atoms with van der Waals surface area (Å²) >= 11 is 6.21. The fraction of sp³-hybridized carbons (Fsp3) is 0.292. The van der Waals surface area contributed by atoms with Crippen LogP contribution in [0.3, 0.4) is 0 Å². The summed E-state index contributed by atoms with van der Waals surface area (Å²) in [5.41, 5.74) is 0.997. The molecule has 0 atom stereocenters. The van der Waals surface area contributed by atoms with Crippen molar-refractivity contribution >= 4 is 28.2 Å². The minimum atomic E-state index is -0.953. The maximum atomic E-state index is 10.5. The zero-order valence-corrected chi connectivity index (χ0v) is 17.8. The molecule has 1 aliphatic rings. The highest BCUT2D eigenvalue weighted by Crippen LogP contribution is 2.30. The van der Waals surface area contributed by atoms with Crippen LogP contribution in [0.5, 0.6) is 5.75 Å². The van der Waals surface area contributed by atoms with E-state index >= 15 is 0 Å². The average molecular weight is 433 g/mol. The predicted octanol–water partition coefficient (Wildman–Crippen LogP) is 4.43.